The summed E-state index contributed by atoms with van der Waals surface area (Å²) in [4.78, 5) is 29.8. The topological polar surface area (TPSA) is 52.7 Å². The Hall–Kier alpha value is -2.66. The van der Waals surface area contributed by atoms with Crippen molar-refractivity contribution < 1.29 is 9.59 Å². The summed E-state index contributed by atoms with van der Waals surface area (Å²) in [6, 6.07) is 17.9. The highest BCUT2D eigenvalue weighted by Crippen LogP contribution is 2.19. The van der Waals surface area contributed by atoms with Crippen LogP contribution in [-0.2, 0) is 6.54 Å². The van der Waals surface area contributed by atoms with Crippen molar-refractivity contribution in [2.24, 2.45) is 0 Å². The molecule has 1 aliphatic carbocycles. The lowest BCUT2D eigenvalue weighted by Crippen LogP contribution is -2.48. The molecule has 1 saturated carbocycles. The zero-order chi connectivity index (χ0) is 20.1. The number of nitrogens with one attached hydrogen (secondary N) is 1. The van der Waals surface area contributed by atoms with Crippen LogP contribution in [0.25, 0.3) is 0 Å². The van der Waals surface area contributed by atoms with Crippen LogP contribution in [0.3, 0.4) is 0 Å². The van der Waals surface area contributed by atoms with Crippen LogP contribution in [0.1, 0.15) is 52.0 Å². The van der Waals surface area contributed by atoms with Crippen molar-refractivity contribution in [1.82, 2.24) is 15.1 Å². The van der Waals surface area contributed by atoms with Gasteiger partial charge < -0.3 is 10.2 Å². The van der Waals surface area contributed by atoms with Gasteiger partial charge in [0.1, 0.15) is 0 Å². The molecular weight excluding hydrogens is 362 g/mol. The van der Waals surface area contributed by atoms with E-state index in [2.05, 4.69) is 34.5 Å². The normalized spacial score (nSPS) is 18.0. The first-order chi connectivity index (χ1) is 14.2. The summed E-state index contributed by atoms with van der Waals surface area (Å²) in [7, 11) is 0. The van der Waals surface area contributed by atoms with Crippen molar-refractivity contribution in [3.8, 4) is 0 Å². The fourth-order valence-corrected chi connectivity index (χ4v) is 4.27. The summed E-state index contributed by atoms with van der Waals surface area (Å²) < 4.78 is 0. The maximum Gasteiger partial charge on any atom is 0.253 e. The molecule has 0 atom stereocenters. The highest BCUT2D eigenvalue weighted by molar-refractivity contribution is 5.99. The average molecular weight is 392 g/mol. The van der Waals surface area contributed by atoms with E-state index in [4.69, 9.17) is 0 Å². The van der Waals surface area contributed by atoms with Crippen LogP contribution < -0.4 is 5.32 Å². The first-order valence-electron chi connectivity index (χ1n) is 10.7. The SMILES string of the molecule is O=C(NC1CCCC1)c1cccc(C(=O)N2CCN(Cc3ccccc3)CC2)c1. The number of hydrogen-bond acceptors (Lipinski definition) is 3. The third kappa shape index (κ3) is 5.04. The molecule has 2 fully saturated rings. The molecule has 0 spiro atoms. The van der Waals surface area contributed by atoms with Gasteiger partial charge in [0, 0.05) is 49.9 Å². The molecule has 2 aromatic rings. The van der Waals surface area contributed by atoms with E-state index >= 15 is 0 Å². The second-order valence-corrected chi connectivity index (χ2v) is 8.09. The maximum atomic E-state index is 13.0. The first kappa shape index (κ1) is 19.6. The Bertz CT molecular complexity index is 838. The van der Waals surface area contributed by atoms with Crippen LogP contribution in [0, 0.1) is 0 Å². The van der Waals surface area contributed by atoms with Crippen LogP contribution in [0.4, 0.5) is 0 Å². The molecular formula is C24H29N3O2. The number of hydrogen-bond donors (Lipinski definition) is 1. The minimum absolute atomic E-state index is 0.0138. The lowest BCUT2D eigenvalue weighted by Gasteiger charge is -2.34. The Kier molecular flexibility index (Phi) is 6.25. The molecule has 5 nitrogen and oxygen atoms in total. The molecule has 0 unspecified atom stereocenters. The molecule has 2 amide bonds. The van der Waals surface area contributed by atoms with Crippen LogP contribution in [0.2, 0.25) is 0 Å². The van der Waals surface area contributed by atoms with Gasteiger partial charge in [0.05, 0.1) is 0 Å². The number of benzene rings is 2. The molecule has 2 aliphatic rings. The van der Waals surface area contributed by atoms with E-state index in [-0.39, 0.29) is 17.9 Å². The Balaban J connectivity index is 1.33. The highest BCUT2D eigenvalue weighted by Gasteiger charge is 2.23. The van der Waals surface area contributed by atoms with Crippen molar-refractivity contribution in [1.29, 1.82) is 0 Å². The summed E-state index contributed by atoms with van der Waals surface area (Å²) in [5, 5.41) is 3.10. The number of carbonyl (C=O) groups excluding carboxylic acids is 2. The molecule has 2 aromatic carbocycles. The zero-order valence-corrected chi connectivity index (χ0v) is 16.8. The molecule has 152 valence electrons. The van der Waals surface area contributed by atoms with Gasteiger partial charge in [-0.15, -0.1) is 0 Å². The quantitative estimate of drug-likeness (QED) is 0.851. The molecule has 0 radical (unpaired) electrons. The van der Waals surface area contributed by atoms with Gasteiger partial charge in [0.2, 0.25) is 0 Å². The number of amides is 2. The predicted octanol–water partition coefficient (Wildman–Crippen LogP) is 3.32. The van der Waals surface area contributed by atoms with Gasteiger partial charge >= 0.3 is 0 Å². The Morgan fingerprint density at radius 3 is 2.28 bits per heavy atom. The van der Waals surface area contributed by atoms with Crippen molar-refractivity contribution in [2.45, 2.75) is 38.3 Å². The maximum absolute atomic E-state index is 13.0. The van der Waals surface area contributed by atoms with Gasteiger partial charge in [-0.25, -0.2) is 0 Å². The predicted molar refractivity (Wildman–Crippen MR) is 114 cm³/mol. The summed E-state index contributed by atoms with van der Waals surface area (Å²) >= 11 is 0. The first-order valence-corrected chi connectivity index (χ1v) is 10.7. The van der Waals surface area contributed by atoms with E-state index in [1.54, 1.807) is 12.1 Å². The van der Waals surface area contributed by atoms with E-state index in [1.165, 1.54) is 18.4 Å². The van der Waals surface area contributed by atoms with E-state index in [0.717, 1.165) is 32.5 Å². The monoisotopic (exact) mass is 391 g/mol. The van der Waals surface area contributed by atoms with Crippen LogP contribution in [0.15, 0.2) is 54.6 Å². The molecule has 29 heavy (non-hydrogen) atoms. The third-order valence-electron chi connectivity index (χ3n) is 5.97. The molecule has 0 bridgehead atoms. The molecule has 4 rings (SSSR count). The number of piperazine rings is 1. The Labute approximate surface area is 172 Å². The summed E-state index contributed by atoms with van der Waals surface area (Å²) in [6.45, 7) is 4.07. The van der Waals surface area contributed by atoms with Crippen LogP contribution >= 0.6 is 0 Å². The van der Waals surface area contributed by atoms with E-state index < -0.39 is 0 Å². The fraction of sp³-hybridized carbons (Fsp3) is 0.417. The van der Waals surface area contributed by atoms with Gasteiger partial charge in [-0.05, 0) is 36.6 Å². The molecule has 5 heteroatoms. The molecule has 1 N–H and O–H groups in total. The second-order valence-electron chi connectivity index (χ2n) is 8.09. The van der Waals surface area contributed by atoms with E-state index in [1.807, 2.05) is 23.1 Å². The van der Waals surface area contributed by atoms with Gasteiger partial charge in [-0.1, -0.05) is 49.2 Å². The average Bonchev–Trinajstić information content (AvgIpc) is 3.28. The lowest BCUT2D eigenvalue weighted by atomic mass is 10.1. The van der Waals surface area contributed by atoms with Gasteiger partial charge in [-0.2, -0.15) is 0 Å². The molecule has 1 heterocycles. The summed E-state index contributed by atoms with van der Waals surface area (Å²) in [5.41, 5.74) is 2.47. The largest absolute Gasteiger partial charge is 0.349 e. The smallest absolute Gasteiger partial charge is 0.253 e. The van der Waals surface area contributed by atoms with Gasteiger partial charge in [0.15, 0.2) is 0 Å². The number of carbonyl (C=O) groups is 2. The fourth-order valence-electron chi connectivity index (χ4n) is 4.27. The van der Waals surface area contributed by atoms with E-state index in [9.17, 15) is 9.59 Å². The minimum atomic E-state index is -0.0702. The molecule has 1 saturated heterocycles. The van der Waals surface area contributed by atoms with Gasteiger partial charge in [-0.3, -0.25) is 14.5 Å². The van der Waals surface area contributed by atoms with Crippen molar-refractivity contribution in [2.75, 3.05) is 26.2 Å². The standard InChI is InChI=1S/C24H29N3O2/c28-23(25-22-11-4-5-12-22)20-9-6-10-21(17-20)24(29)27-15-13-26(14-16-27)18-19-7-2-1-3-8-19/h1-3,6-10,17,22H,4-5,11-16,18H2,(H,25,28). The summed E-state index contributed by atoms with van der Waals surface area (Å²) in [6.07, 6.45) is 4.47. The second kappa shape index (κ2) is 9.23. The van der Waals surface area contributed by atoms with Gasteiger partial charge in [0.25, 0.3) is 11.8 Å². The van der Waals surface area contributed by atoms with Crippen LogP contribution in [0.5, 0.6) is 0 Å². The molecule has 1 aliphatic heterocycles. The van der Waals surface area contributed by atoms with Crippen molar-refractivity contribution in [3.05, 3.63) is 71.3 Å². The lowest BCUT2D eigenvalue weighted by molar-refractivity contribution is 0.0628. The number of rotatable bonds is 5. The summed E-state index contributed by atoms with van der Waals surface area (Å²) in [5.74, 6) is -0.0564. The van der Waals surface area contributed by atoms with Crippen LogP contribution in [-0.4, -0.2) is 53.8 Å². The molecule has 0 aromatic heterocycles. The Morgan fingerprint density at radius 1 is 0.862 bits per heavy atom. The van der Waals surface area contributed by atoms with Crippen molar-refractivity contribution in [3.63, 3.8) is 0 Å². The Morgan fingerprint density at radius 2 is 1.55 bits per heavy atom. The van der Waals surface area contributed by atoms with E-state index in [0.29, 0.717) is 24.2 Å². The number of nitrogens with zero attached hydrogens (tertiary/aromatic N) is 2. The highest BCUT2D eigenvalue weighted by atomic mass is 16.2. The third-order valence-corrected chi connectivity index (χ3v) is 5.97. The van der Waals surface area contributed by atoms with Crippen molar-refractivity contribution >= 4 is 11.8 Å². The zero-order valence-electron chi connectivity index (χ0n) is 16.8. The minimum Gasteiger partial charge on any atom is -0.349 e.